The molecule has 7 aromatic rings. The highest BCUT2D eigenvalue weighted by molar-refractivity contribution is 6.27. The van der Waals surface area contributed by atoms with Gasteiger partial charge in [0, 0.05) is 33.7 Å². The van der Waals surface area contributed by atoms with Crippen molar-refractivity contribution in [2.75, 3.05) is 6.61 Å². The van der Waals surface area contributed by atoms with Crippen molar-refractivity contribution in [3.05, 3.63) is 61.4 Å². The number of cyclic esters (lactones) is 1. The van der Waals surface area contributed by atoms with E-state index >= 15 is 0 Å². The fraction of sp³-hybridized carbons (Fsp3) is 0.122. The normalized spacial score (nSPS) is 18.4. The summed E-state index contributed by atoms with van der Waals surface area (Å²) in [6.07, 6.45) is -9.79. The van der Waals surface area contributed by atoms with E-state index in [2.05, 4.69) is 0 Å². The van der Waals surface area contributed by atoms with Crippen LogP contribution in [0.15, 0.2) is 42.7 Å². The van der Waals surface area contributed by atoms with Crippen molar-refractivity contribution in [3.8, 4) is 97.4 Å². The summed E-state index contributed by atoms with van der Waals surface area (Å²) in [5.74, 6) is -24.8. The zero-order valence-electron chi connectivity index (χ0n) is 32.5. The largest absolute Gasteiger partial charge is 0.504 e. The van der Waals surface area contributed by atoms with Gasteiger partial charge in [0.1, 0.15) is 17.6 Å². The van der Waals surface area contributed by atoms with Crippen LogP contribution in [0, 0.1) is 0 Å². The molecule has 67 heavy (non-hydrogen) atoms. The first-order chi connectivity index (χ1) is 31.5. The minimum Gasteiger partial charge on any atom is -0.504 e. The first-order valence-electron chi connectivity index (χ1n) is 18.5. The van der Waals surface area contributed by atoms with Gasteiger partial charge in [-0.15, -0.1) is 0 Å². The van der Waals surface area contributed by atoms with Gasteiger partial charge in [-0.3, -0.25) is 9.59 Å². The predicted molar refractivity (Wildman–Crippen MR) is 211 cm³/mol. The van der Waals surface area contributed by atoms with E-state index in [1.165, 1.54) is 0 Å². The Morgan fingerprint density at radius 3 is 1.72 bits per heavy atom. The lowest BCUT2D eigenvalue weighted by atomic mass is 9.89. The van der Waals surface area contributed by atoms with Crippen molar-refractivity contribution >= 4 is 56.6 Å². The fourth-order valence-corrected chi connectivity index (χ4v) is 7.95. The minimum absolute atomic E-state index is 0.324. The number of aliphatic hydroxyl groups is 1. The third-order valence-corrected chi connectivity index (χ3v) is 11.0. The molecule has 14 N–H and O–H groups in total. The lowest BCUT2D eigenvalue weighted by Gasteiger charge is -2.38. The topological polar surface area (TPSA) is 449 Å². The van der Waals surface area contributed by atoms with Gasteiger partial charge in [-0.1, -0.05) is 0 Å². The van der Waals surface area contributed by atoms with Crippen LogP contribution in [0.3, 0.4) is 0 Å². The maximum Gasteiger partial charge on any atom is 0.339 e. The van der Waals surface area contributed by atoms with E-state index in [-0.39, 0.29) is 0 Å². The summed E-state index contributed by atoms with van der Waals surface area (Å²) in [7, 11) is 0. The number of carbonyl (C=O) groups is 4. The Hall–Kier alpha value is -9.72. The average molecular weight is 933 g/mol. The number of hydrogen-bond donors (Lipinski definition) is 14. The number of carbonyl (C=O) groups excluding carboxylic acids is 4. The molecule has 1 fully saturated rings. The number of hydrogen-bond acceptors (Lipinski definition) is 26. The molecule has 1 saturated heterocycles. The molecule has 9 rings (SSSR count). The van der Waals surface area contributed by atoms with E-state index < -0.39 is 213 Å². The first kappa shape index (κ1) is 42.6. The second-order valence-electron chi connectivity index (χ2n) is 14.7. The lowest BCUT2D eigenvalue weighted by Crippen LogP contribution is -2.60. The third-order valence-electron chi connectivity index (χ3n) is 11.0. The smallest absolute Gasteiger partial charge is 0.339 e. The maximum absolute atomic E-state index is 14.4. The Kier molecular flexibility index (Phi) is 9.15. The van der Waals surface area contributed by atoms with Gasteiger partial charge in [0.15, 0.2) is 70.2 Å². The summed E-state index contributed by atoms with van der Waals surface area (Å²) in [5, 5.41) is 148. The molecule has 2 aliphatic heterocycles. The summed E-state index contributed by atoms with van der Waals surface area (Å²) in [5.41, 5.74) is -12.0. The Balaban J connectivity index is 1.23. The van der Waals surface area contributed by atoms with E-state index in [1.807, 2.05) is 0 Å². The van der Waals surface area contributed by atoms with Crippen LogP contribution in [0.1, 0.15) is 31.1 Å². The number of fused-ring (bicyclic) bond motifs is 4. The van der Waals surface area contributed by atoms with Crippen molar-refractivity contribution < 1.29 is 118 Å². The van der Waals surface area contributed by atoms with Gasteiger partial charge in [0.2, 0.25) is 33.9 Å². The first-order valence-corrected chi connectivity index (χ1v) is 18.5. The monoisotopic (exact) mass is 932 g/mol. The zero-order chi connectivity index (χ0) is 48.6. The standard InChI is InChI=1S/C41H24O26/c42-9-1-6-15(27(50)23(9)46)16-7(2-10(43)24(47)28(16)51)37(57)65-33-14(5-62-36(6)56)64-41(61)32(55)35(33)67-38(58)8-3-11(44)25(48)29(52)17(8)20-21-19-18-13(63-40(60)22(19)31(54)30(20)53)4-12(45)26(49)34(18)66-39(21)59/h1-4,14,32-33,35,42-44,46-53,55,59-60H,5H2/t14-,32-,33-,35-/m1/s1. The van der Waals surface area contributed by atoms with Gasteiger partial charge in [-0.05, 0) is 18.2 Å². The molecule has 0 amide bonds. The van der Waals surface area contributed by atoms with E-state index in [1.54, 1.807) is 0 Å². The van der Waals surface area contributed by atoms with Gasteiger partial charge >= 0.3 is 23.9 Å². The van der Waals surface area contributed by atoms with Gasteiger partial charge in [-0.2, -0.15) is 0 Å². The molecule has 26 heteroatoms. The Bertz CT molecular complexity index is 3550. The highest BCUT2D eigenvalue weighted by atomic mass is 16.6. The average Bonchev–Trinajstić information content (AvgIpc) is 3.29. The van der Waals surface area contributed by atoms with Crippen LogP contribution in [-0.4, -0.2) is 126 Å². The summed E-state index contributed by atoms with van der Waals surface area (Å²) in [4.78, 5) is 81.5. The molecule has 2 aliphatic rings. The van der Waals surface area contributed by atoms with Crippen LogP contribution in [0.25, 0.3) is 55.0 Å². The molecule has 26 nitrogen and oxygen atoms in total. The van der Waals surface area contributed by atoms with Crippen LogP contribution in [0.4, 0.5) is 0 Å². The summed E-state index contributed by atoms with van der Waals surface area (Å²) in [6, 6.07) is 1.84. The van der Waals surface area contributed by atoms with Gasteiger partial charge < -0.3 is 99.3 Å². The van der Waals surface area contributed by atoms with Crippen LogP contribution >= 0.6 is 0 Å². The molecule has 4 atom stereocenters. The molecule has 0 radical (unpaired) electrons. The summed E-state index contributed by atoms with van der Waals surface area (Å²) in [6.45, 7) is -1.22. The van der Waals surface area contributed by atoms with E-state index in [4.69, 9.17) is 27.8 Å². The molecule has 0 spiro atoms. The van der Waals surface area contributed by atoms with E-state index in [0.717, 1.165) is 0 Å². The molecule has 0 aliphatic carbocycles. The number of aliphatic hydroxyl groups excluding tert-OH is 1. The molecule has 2 aromatic heterocycles. The maximum atomic E-state index is 14.4. The Labute approximate surface area is 364 Å². The van der Waals surface area contributed by atoms with Gasteiger partial charge in [0.05, 0.1) is 27.5 Å². The van der Waals surface area contributed by atoms with Crippen LogP contribution in [0.2, 0.25) is 0 Å². The molecule has 0 unspecified atom stereocenters. The Morgan fingerprint density at radius 2 is 1.10 bits per heavy atom. The number of rotatable bonds is 3. The highest BCUT2D eigenvalue weighted by Crippen LogP contribution is 2.55. The quantitative estimate of drug-likeness (QED) is 0.0512. The fourth-order valence-electron chi connectivity index (χ4n) is 7.95. The van der Waals surface area contributed by atoms with Crippen LogP contribution in [-0.2, 0) is 23.7 Å². The number of phenolic OH excluding ortho intramolecular Hbond substituents is 11. The predicted octanol–water partition coefficient (Wildman–Crippen LogP) is 1.20. The number of benzene rings is 5. The van der Waals surface area contributed by atoms with Crippen molar-refractivity contribution in [1.82, 2.24) is 0 Å². The summed E-state index contributed by atoms with van der Waals surface area (Å²) >= 11 is 0. The van der Waals surface area contributed by atoms with Crippen molar-refractivity contribution in [1.29, 1.82) is 0 Å². The lowest BCUT2D eigenvalue weighted by molar-refractivity contribution is -0.207. The van der Waals surface area contributed by atoms with E-state index in [0.29, 0.717) is 24.3 Å². The molecule has 0 saturated carbocycles. The van der Waals surface area contributed by atoms with Crippen LogP contribution in [0.5, 0.6) is 75.1 Å². The van der Waals surface area contributed by atoms with Crippen molar-refractivity contribution in [2.45, 2.75) is 24.4 Å². The van der Waals surface area contributed by atoms with Gasteiger partial charge in [0.25, 0.3) is 11.9 Å². The second-order valence-corrected chi connectivity index (χ2v) is 14.7. The third kappa shape index (κ3) is 5.93. The second kappa shape index (κ2) is 14.4. The molecular weight excluding hydrogens is 908 g/mol. The van der Waals surface area contributed by atoms with Gasteiger partial charge in [-0.25, -0.2) is 19.2 Å². The molecule has 344 valence electrons. The highest BCUT2D eigenvalue weighted by Gasteiger charge is 2.52. The van der Waals surface area contributed by atoms with E-state index in [9.17, 15) is 100 Å². The van der Waals surface area contributed by atoms with Crippen molar-refractivity contribution in [2.24, 2.45) is 0 Å². The number of esters is 4. The van der Waals surface area contributed by atoms with Crippen molar-refractivity contribution in [3.63, 3.8) is 0 Å². The minimum atomic E-state index is -2.71. The number of phenols is 11. The number of ether oxygens (including phenoxy) is 4. The molecule has 5 aromatic carbocycles. The molecular formula is C41H24O26. The molecule has 4 heterocycles. The number of aromatic hydroxyl groups is 13. The Morgan fingerprint density at radius 1 is 0.552 bits per heavy atom. The SMILES string of the molecule is O=C1OC[C@H]2OC(=O)[C@H](O)[C@@H](OC(=O)c3cc(O)c(O)c(O)c3-c3c(O)c(=O)c4c(O)oc5cc(=O)c(O)c6oc(O)c3c4c56)[C@@H]2OC(=O)c2cc(O)c(O)c(O)c2-c2c1cc(O)c(O)c2O. The van der Waals surface area contributed by atoms with Crippen LogP contribution < -0.4 is 10.9 Å². The summed E-state index contributed by atoms with van der Waals surface area (Å²) < 4.78 is 31.6. The zero-order valence-corrected chi connectivity index (χ0v) is 32.5. The molecule has 0 bridgehead atoms.